The molecule has 28 heavy (non-hydrogen) atoms. The molecule has 0 unspecified atom stereocenters. The van der Waals surface area contributed by atoms with Crippen molar-refractivity contribution < 1.29 is 19.4 Å². The Morgan fingerprint density at radius 1 is 1.21 bits per heavy atom. The highest BCUT2D eigenvalue weighted by Gasteiger charge is 2.46. The van der Waals surface area contributed by atoms with Crippen LogP contribution in [-0.2, 0) is 4.79 Å². The van der Waals surface area contributed by atoms with E-state index in [1.807, 2.05) is 0 Å². The average molecular weight is 413 g/mol. The maximum Gasteiger partial charge on any atom is 0.296 e. The van der Waals surface area contributed by atoms with Crippen LogP contribution in [0, 0.1) is 6.92 Å². The van der Waals surface area contributed by atoms with Gasteiger partial charge in [-0.25, -0.2) is 0 Å². The molecule has 1 aromatic carbocycles. The van der Waals surface area contributed by atoms with Crippen LogP contribution in [0.5, 0.6) is 5.75 Å². The molecule has 0 bridgehead atoms. The van der Waals surface area contributed by atoms with Crippen molar-refractivity contribution >= 4 is 39.5 Å². The standard InChI is InChI=1S/C19H15N3O4S2/c1-10-20-21-19(28-10)22-15(11-5-7-12(26-2)8-6-11)14(17(24)18(22)25)16(23)13-4-3-9-27-13/h3-9,15,24H,1-2H3/t15-/m0/s1. The Hall–Kier alpha value is -3.04. The Morgan fingerprint density at radius 3 is 2.54 bits per heavy atom. The number of anilines is 1. The molecule has 1 atom stereocenters. The molecule has 0 saturated carbocycles. The number of thiophene rings is 1. The molecule has 0 aliphatic carbocycles. The first-order valence-corrected chi connectivity index (χ1v) is 10.00. The number of carbonyl (C=O) groups is 2. The van der Waals surface area contributed by atoms with E-state index in [0.717, 1.165) is 0 Å². The topological polar surface area (TPSA) is 92.6 Å². The number of hydrogen-bond acceptors (Lipinski definition) is 8. The largest absolute Gasteiger partial charge is 0.503 e. The third kappa shape index (κ3) is 2.98. The van der Waals surface area contributed by atoms with Crippen LogP contribution in [-0.4, -0.2) is 34.1 Å². The zero-order valence-corrected chi connectivity index (χ0v) is 16.6. The van der Waals surface area contributed by atoms with Gasteiger partial charge in [0.25, 0.3) is 5.91 Å². The second-order valence-electron chi connectivity index (χ2n) is 6.02. The van der Waals surface area contributed by atoms with Gasteiger partial charge in [-0.05, 0) is 36.1 Å². The number of ketones is 1. The molecule has 0 spiro atoms. The summed E-state index contributed by atoms with van der Waals surface area (Å²) in [6.45, 7) is 1.77. The van der Waals surface area contributed by atoms with Gasteiger partial charge in [-0.1, -0.05) is 29.5 Å². The van der Waals surface area contributed by atoms with E-state index in [1.54, 1.807) is 55.8 Å². The van der Waals surface area contributed by atoms with Gasteiger partial charge in [0.1, 0.15) is 10.8 Å². The minimum absolute atomic E-state index is 0.0328. The lowest BCUT2D eigenvalue weighted by Gasteiger charge is -2.24. The van der Waals surface area contributed by atoms with E-state index in [0.29, 0.717) is 26.3 Å². The lowest BCUT2D eigenvalue weighted by atomic mass is 9.95. The summed E-state index contributed by atoms with van der Waals surface area (Å²) >= 11 is 2.48. The lowest BCUT2D eigenvalue weighted by molar-refractivity contribution is -0.117. The third-order valence-electron chi connectivity index (χ3n) is 4.35. The van der Waals surface area contributed by atoms with E-state index in [-0.39, 0.29) is 11.4 Å². The predicted molar refractivity (Wildman–Crippen MR) is 106 cm³/mol. The van der Waals surface area contributed by atoms with Crippen LogP contribution in [0.25, 0.3) is 0 Å². The summed E-state index contributed by atoms with van der Waals surface area (Å²) in [6, 6.07) is 9.62. The minimum atomic E-state index is -0.805. The molecule has 1 N–H and O–H groups in total. The highest BCUT2D eigenvalue weighted by atomic mass is 32.1. The predicted octanol–water partition coefficient (Wildman–Crippen LogP) is 3.70. The Morgan fingerprint density at radius 2 is 1.96 bits per heavy atom. The van der Waals surface area contributed by atoms with Gasteiger partial charge < -0.3 is 9.84 Å². The van der Waals surface area contributed by atoms with Gasteiger partial charge >= 0.3 is 0 Å². The molecule has 0 fully saturated rings. The SMILES string of the molecule is COc1ccc([C@H]2C(C(=O)c3cccs3)=C(O)C(=O)N2c2nnc(C)s2)cc1. The van der Waals surface area contributed by atoms with Crippen LogP contribution in [0.4, 0.5) is 5.13 Å². The van der Waals surface area contributed by atoms with Crippen molar-refractivity contribution in [2.45, 2.75) is 13.0 Å². The van der Waals surface area contributed by atoms with Crippen LogP contribution < -0.4 is 9.64 Å². The number of nitrogens with zero attached hydrogens (tertiary/aromatic N) is 3. The van der Waals surface area contributed by atoms with Gasteiger partial charge in [0, 0.05) is 0 Å². The molecular formula is C19H15N3O4S2. The van der Waals surface area contributed by atoms with Crippen LogP contribution in [0.3, 0.4) is 0 Å². The number of aryl methyl sites for hydroxylation is 1. The lowest BCUT2D eigenvalue weighted by Crippen LogP contribution is -2.31. The maximum atomic E-state index is 13.1. The number of methoxy groups -OCH3 is 1. The van der Waals surface area contributed by atoms with E-state index >= 15 is 0 Å². The molecule has 9 heteroatoms. The van der Waals surface area contributed by atoms with E-state index in [9.17, 15) is 14.7 Å². The second kappa shape index (κ2) is 7.17. The summed E-state index contributed by atoms with van der Waals surface area (Å²) in [5, 5.41) is 21.4. The van der Waals surface area contributed by atoms with Crippen LogP contribution in [0.2, 0.25) is 0 Å². The molecule has 2 aromatic heterocycles. The fraction of sp³-hybridized carbons (Fsp3) is 0.158. The summed E-state index contributed by atoms with van der Waals surface area (Å²) in [7, 11) is 1.56. The Balaban J connectivity index is 1.86. The number of hydrogen-bond donors (Lipinski definition) is 1. The van der Waals surface area contributed by atoms with Gasteiger partial charge in [-0.3, -0.25) is 14.5 Å². The normalized spacial score (nSPS) is 16.7. The van der Waals surface area contributed by atoms with Crippen molar-refractivity contribution in [2.75, 3.05) is 12.0 Å². The zero-order chi connectivity index (χ0) is 19.8. The van der Waals surface area contributed by atoms with E-state index in [2.05, 4.69) is 10.2 Å². The number of carbonyl (C=O) groups excluding carboxylic acids is 2. The fourth-order valence-electron chi connectivity index (χ4n) is 3.06. The molecule has 1 aliphatic heterocycles. The molecule has 1 amide bonds. The quantitative estimate of drug-likeness (QED) is 0.641. The Bertz CT molecular complexity index is 1070. The highest BCUT2D eigenvalue weighted by Crippen LogP contribution is 2.43. The first-order chi connectivity index (χ1) is 13.5. The zero-order valence-electron chi connectivity index (χ0n) is 14.9. The van der Waals surface area contributed by atoms with Crippen molar-refractivity contribution in [3.63, 3.8) is 0 Å². The molecule has 142 valence electrons. The van der Waals surface area contributed by atoms with Crippen molar-refractivity contribution in [2.24, 2.45) is 0 Å². The van der Waals surface area contributed by atoms with Crippen molar-refractivity contribution in [1.29, 1.82) is 0 Å². The number of aromatic nitrogens is 2. The first kappa shape index (κ1) is 18.3. The number of Topliss-reactive ketones (excluding diaryl/α,β-unsaturated/α-hetero) is 1. The van der Waals surface area contributed by atoms with E-state index in [4.69, 9.17) is 4.74 Å². The van der Waals surface area contributed by atoms with Crippen molar-refractivity contribution in [3.05, 3.63) is 68.6 Å². The monoisotopic (exact) mass is 413 g/mol. The van der Waals surface area contributed by atoms with Gasteiger partial charge in [-0.2, -0.15) is 0 Å². The molecule has 0 saturated heterocycles. The van der Waals surface area contributed by atoms with Crippen molar-refractivity contribution in [3.8, 4) is 5.75 Å². The smallest absolute Gasteiger partial charge is 0.296 e. The number of rotatable bonds is 5. The molecule has 3 heterocycles. The summed E-state index contributed by atoms with van der Waals surface area (Å²) in [6.07, 6.45) is 0. The molecular weight excluding hydrogens is 398 g/mol. The second-order valence-corrected chi connectivity index (χ2v) is 8.13. The number of aliphatic hydroxyl groups is 1. The van der Waals surface area contributed by atoms with Gasteiger partial charge in [0.2, 0.25) is 10.9 Å². The van der Waals surface area contributed by atoms with Gasteiger partial charge in [0.15, 0.2) is 5.76 Å². The molecule has 0 radical (unpaired) electrons. The summed E-state index contributed by atoms with van der Waals surface area (Å²) < 4.78 is 5.19. The van der Waals surface area contributed by atoms with E-state index < -0.39 is 17.7 Å². The summed E-state index contributed by atoms with van der Waals surface area (Å²) in [5.41, 5.74) is 0.691. The Labute approximate surface area is 168 Å². The first-order valence-electron chi connectivity index (χ1n) is 8.30. The van der Waals surface area contributed by atoms with Crippen LogP contribution in [0.1, 0.15) is 26.3 Å². The molecule has 1 aliphatic rings. The highest BCUT2D eigenvalue weighted by molar-refractivity contribution is 7.15. The van der Waals surface area contributed by atoms with E-state index in [1.165, 1.54) is 27.6 Å². The summed E-state index contributed by atoms with van der Waals surface area (Å²) in [5.74, 6) is -0.972. The van der Waals surface area contributed by atoms with Crippen LogP contribution in [0.15, 0.2) is 53.1 Å². The molecule has 4 rings (SSSR count). The summed E-state index contributed by atoms with van der Waals surface area (Å²) in [4.78, 5) is 27.8. The number of ether oxygens (including phenoxy) is 1. The van der Waals surface area contributed by atoms with Crippen LogP contribution >= 0.6 is 22.7 Å². The molecule has 3 aromatic rings. The minimum Gasteiger partial charge on any atom is -0.503 e. The maximum absolute atomic E-state index is 13.1. The average Bonchev–Trinajstić information content (AvgIpc) is 3.43. The van der Waals surface area contributed by atoms with Gasteiger partial charge in [-0.15, -0.1) is 21.5 Å². The third-order valence-corrected chi connectivity index (χ3v) is 6.06. The molecule has 7 nitrogen and oxygen atoms in total. The Kier molecular flexibility index (Phi) is 4.70. The van der Waals surface area contributed by atoms with Gasteiger partial charge in [0.05, 0.1) is 23.6 Å². The number of aliphatic hydroxyl groups excluding tert-OH is 1. The fourth-order valence-corrected chi connectivity index (χ4v) is 4.45. The van der Waals surface area contributed by atoms with Crippen molar-refractivity contribution in [1.82, 2.24) is 10.2 Å². The number of benzene rings is 1. The number of amides is 1.